The van der Waals surface area contributed by atoms with Crippen LogP contribution in [0.25, 0.3) is 11.9 Å². The molecule has 1 amide bonds. The molecule has 29 heavy (non-hydrogen) atoms. The number of rotatable bonds is 5. The van der Waals surface area contributed by atoms with E-state index in [0.717, 1.165) is 28.3 Å². The summed E-state index contributed by atoms with van der Waals surface area (Å²) in [6.07, 6.45) is 3.42. The van der Waals surface area contributed by atoms with Gasteiger partial charge in [-0.2, -0.15) is 10.4 Å². The van der Waals surface area contributed by atoms with Gasteiger partial charge < -0.3 is 9.88 Å². The van der Waals surface area contributed by atoms with Gasteiger partial charge in [0.15, 0.2) is 0 Å². The van der Waals surface area contributed by atoms with Crippen molar-refractivity contribution in [1.82, 2.24) is 14.3 Å². The Kier molecular flexibility index (Phi) is 5.69. The summed E-state index contributed by atoms with van der Waals surface area (Å²) in [7, 11) is 0. The monoisotopic (exact) mass is 387 g/mol. The molecule has 0 unspecified atom stereocenters. The average molecular weight is 387 g/mol. The summed E-state index contributed by atoms with van der Waals surface area (Å²) in [5.74, 6) is 0.535. The summed E-state index contributed by atoms with van der Waals surface area (Å²) in [6.45, 7) is 10.1. The Bertz CT molecular complexity index is 1120. The molecular weight excluding hydrogens is 362 g/mol. The van der Waals surface area contributed by atoms with Gasteiger partial charge >= 0.3 is 0 Å². The van der Waals surface area contributed by atoms with Gasteiger partial charge in [-0.1, -0.05) is 12.1 Å². The predicted molar refractivity (Wildman–Crippen MR) is 115 cm³/mol. The second kappa shape index (κ2) is 8.19. The first kappa shape index (κ1) is 20.2. The normalized spacial score (nSPS) is 11.6. The second-order valence-corrected chi connectivity index (χ2v) is 7.38. The zero-order valence-electron chi connectivity index (χ0n) is 17.4. The molecule has 0 atom stereocenters. The van der Waals surface area contributed by atoms with Crippen LogP contribution in [-0.4, -0.2) is 20.3 Å². The van der Waals surface area contributed by atoms with Gasteiger partial charge in [0.2, 0.25) is 0 Å². The van der Waals surface area contributed by atoms with Crippen LogP contribution in [0.2, 0.25) is 0 Å². The molecule has 3 aromatic rings. The van der Waals surface area contributed by atoms with E-state index in [-0.39, 0.29) is 11.6 Å². The molecule has 148 valence electrons. The number of benzene rings is 1. The Labute approximate surface area is 171 Å². The first-order valence-corrected chi connectivity index (χ1v) is 9.54. The molecular formula is C23H25N5O. The van der Waals surface area contributed by atoms with E-state index in [0.29, 0.717) is 5.69 Å². The maximum atomic E-state index is 12.6. The van der Waals surface area contributed by atoms with Crippen LogP contribution < -0.4 is 5.32 Å². The van der Waals surface area contributed by atoms with Crippen LogP contribution in [-0.2, 0) is 4.79 Å². The number of nitrogens with one attached hydrogen (secondary N) is 1. The highest BCUT2D eigenvalue weighted by Crippen LogP contribution is 2.24. The number of anilines is 1. The van der Waals surface area contributed by atoms with Crippen LogP contribution in [0.3, 0.4) is 0 Å². The lowest BCUT2D eigenvalue weighted by Crippen LogP contribution is -2.13. The van der Waals surface area contributed by atoms with Crippen molar-refractivity contribution in [3.05, 3.63) is 70.7 Å². The number of nitriles is 1. The predicted octanol–water partition coefficient (Wildman–Crippen LogP) is 4.73. The lowest BCUT2D eigenvalue weighted by atomic mass is 10.1. The van der Waals surface area contributed by atoms with Gasteiger partial charge in [-0.25, -0.2) is 4.68 Å². The maximum absolute atomic E-state index is 12.6. The van der Waals surface area contributed by atoms with Crippen molar-refractivity contribution in [2.24, 2.45) is 0 Å². The minimum absolute atomic E-state index is 0.0594. The minimum atomic E-state index is -0.421. The van der Waals surface area contributed by atoms with Gasteiger partial charge in [-0.15, -0.1) is 0 Å². The Morgan fingerprint density at radius 2 is 1.97 bits per heavy atom. The summed E-state index contributed by atoms with van der Waals surface area (Å²) in [5.41, 5.74) is 4.55. The quantitative estimate of drug-likeness (QED) is 0.508. The summed E-state index contributed by atoms with van der Waals surface area (Å²) in [6, 6.07) is 13.7. The minimum Gasteiger partial charge on any atom is -0.321 e. The number of carbonyl (C=O) groups is 1. The molecule has 1 aromatic carbocycles. The summed E-state index contributed by atoms with van der Waals surface area (Å²) < 4.78 is 4.04. The summed E-state index contributed by atoms with van der Waals surface area (Å²) in [4.78, 5) is 12.6. The van der Waals surface area contributed by atoms with E-state index >= 15 is 0 Å². The van der Waals surface area contributed by atoms with E-state index < -0.39 is 5.91 Å². The van der Waals surface area contributed by atoms with Crippen molar-refractivity contribution in [2.75, 3.05) is 5.32 Å². The molecule has 1 N–H and O–H groups in total. The number of amides is 1. The van der Waals surface area contributed by atoms with Gasteiger partial charge in [-0.3, -0.25) is 4.79 Å². The topological polar surface area (TPSA) is 75.6 Å². The van der Waals surface area contributed by atoms with Crippen LogP contribution >= 0.6 is 0 Å². The van der Waals surface area contributed by atoms with Gasteiger partial charge in [0.25, 0.3) is 5.91 Å². The second-order valence-electron chi connectivity index (χ2n) is 7.38. The van der Waals surface area contributed by atoms with E-state index in [1.165, 1.54) is 0 Å². The van der Waals surface area contributed by atoms with Crippen LogP contribution in [0.15, 0.2) is 48.2 Å². The maximum Gasteiger partial charge on any atom is 0.266 e. The number of aromatic nitrogens is 3. The first-order chi connectivity index (χ1) is 13.8. The van der Waals surface area contributed by atoms with E-state index in [1.54, 1.807) is 18.3 Å². The molecule has 2 heterocycles. The molecule has 0 aliphatic heterocycles. The zero-order valence-corrected chi connectivity index (χ0v) is 17.4. The standard InChI is InChI=1S/C23H25N5O/c1-15(2)28-22(9-10-25-28)27-17(4)12-19(18(27)5)13-20(14-24)23(29)26-21-8-6-7-16(3)11-21/h6-13,15H,1-5H3,(H,26,29)/b20-13+. The largest absolute Gasteiger partial charge is 0.321 e. The van der Waals surface area contributed by atoms with Crippen molar-refractivity contribution >= 4 is 17.7 Å². The van der Waals surface area contributed by atoms with Crippen LogP contribution in [0, 0.1) is 32.1 Å². The highest BCUT2D eigenvalue weighted by atomic mass is 16.1. The molecule has 0 saturated heterocycles. The average Bonchev–Trinajstić information content (AvgIpc) is 3.24. The van der Waals surface area contributed by atoms with Crippen molar-refractivity contribution in [3.8, 4) is 11.9 Å². The molecule has 0 aliphatic rings. The Balaban J connectivity index is 1.96. The van der Waals surface area contributed by atoms with Gasteiger partial charge in [-0.05, 0) is 70.0 Å². The third-order valence-electron chi connectivity index (χ3n) is 4.78. The zero-order chi connectivity index (χ0) is 21.1. The van der Waals surface area contributed by atoms with E-state index in [4.69, 9.17) is 0 Å². The number of aryl methyl sites for hydroxylation is 2. The molecule has 0 radical (unpaired) electrons. The highest BCUT2D eigenvalue weighted by Gasteiger charge is 2.16. The fourth-order valence-electron chi connectivity index (χ4n) is 3.39. The van der Waals surface area contributed by atoms with Crippen molar-refractivity contribution in [3.63, 3.8) is 0 Å². The third kappa shape index (κ3) is 4.14. The smallest absolute Gasteiger partial charge is 0.266 e. The Morgan fingerprint density at radius 3 is 2.62 bits per heavy atom. The lowest BCUT2D eigenvalue weighted by Gasteiger charge is -2.15. The fourth-order valence-corrected chi connectivity index (χ4v) is 3.39. The Morgan fingerprint density at radius 1 is 1.21 bits per heavy atom. The van der Waals surface area contributed by atoms with E-state index in [9.17, 15) is 10.1 Å². The number of hydrogen-bond acceptors (Lipinski definition) is 3. The molecule has 0 fully saturated rings. The van der Waals surface area contributed by atoms with Gasteiger partial charge in [0, 0.05) is 29.2 Å². The van der Waals surface area contributed by atoms with Crippen molar-refractivity contribution < 1.29 is 4.79 Å². The molecule has 2 aromatic heterocycles. The number of hydrogen-bond donors (Lipinski definition) is 1. The van der Waals surface area contributed by atoms with Crippen LogP contribution in [0.5, 0.6) is 0 Å². The molecule has 0 aliphatic carbocycles. The fraction of sp³-hybridized carbons (Fsp3) is 0.261. The van der Waals surface area contributed by atoms with Crippen LogP contribution in [0.1, 0.15) is 42.4 Å². The number of carbonyl (C=O) groups excluding carboxylic acids is 1. The van der Waals surface area contributed by atoms with Gasteiger partial charge in [0.1, 0.15) is 17.5 Å². The first-order valence-electron chi connectivity index (χ1n) is 9.54. The van der Waals surface area contributed by atoms with Crippen molar-refractivity contribution in [2.45, 2.75) is 40.7 Å². The lowest BCUT2D eigenvalue weighted by molar-refractivity contribution is -0.112. The van der Waals surface area contributed by atoms with Gasteiger partial charge in [0.05, 0.1) is 6.20 Å². The Hall–Kier alpha value is -3.59. The van der Waals surface area contributed by atoms with E-state index in [2.05, 4.69) is 28.8 Å². The highest BCUT2D eigenvalue weighted by molar-refractivity contribution is 6.09. The molecule has 6 nitrogen and oxygen atoms in total. The van der Waals surface area contributed by atoms with E-state index in [1.807, 2.05) is 61.9 Å². The third-order valence-corrected chi connectivity index (χ3v) is 4.78. The van der Waals surface area contributed by atoms with Crippen molar-refractivity contribution in [1.29, 1.82) is 5.26 Å². The SMILES string of the molecule is Cc1cccc(NC(=O)/C(C#N)=C/c2cc(C)n(-c3ccnn3C(C)C)c2C)c1. The molecule has 0 saturated carbocycles. The summed E-state index contributed by atoms with van der Waals surface area (Å²) >= 11 is 0. The number of nitrogens with zero attached hydrogens (tertiary/aromatic N) is 4. The van der Waals surface area contributed by atoms with Crippen LogP contribution in [0.4, 0.5) is 5.69 Å². The molecule has 0 bridgehead atoms. The molecule has 6 heteroatoms. The molecule has 3 rings (SSSR count). The summed E-state index contributed by atoms with van der Waals surface area (Å²) in [5, 5.41) is 16.8. The molecule has 0 spiro atoms.